The van der Waals surface area contributed by atoms with Gasteiger partial charge in [-0.15, -0.1) is 11.8 Å². The van der Waals surface area contributed by atoms with Crippen molar-refractivity contribution in [3.05, 3.63) is 29.3 Å². The van der Waals surface area contributed by atoms with Crippen molar-refractivity contribution in [1.82, 2.24) is 10.2 Å². The monoisotopic (exact) mass is 413 g/mol. The van der Waals surface area contributed by atoms with Crippen LogP contribution in [-0.4, -0.2) is 60.1 Å². The summed E-state index contributed by atoms with van der Waals surface area (Å²) in [5.41, 5.74) is 0.669. The highest BCUT2D eigenvalue weighted by Crippen LogP contribution is 2.14. The zero-order chi connectivity index (χ0) is 19.6. The smallest absolute Gasteiger partial charge is 0.409 e. The molecule has 3 amide bonds. The molecule has 0 atom stereocenters. The highest BCUT2D eigenvalue weighted by molar-refractivity contribution is 8.00. The molecule has 1 aromatic rings. The van der Waals surface area contributed by atoms with Crippen molar-refractivity contribution in [3.8, 4) is 0 Å². The van der Waals surface area contributed by atoms with Crippen LogP contribution in [-0.2, 0) is 14.3 Å². The topological polar surface area (TPSA) is 87.7 Å². The molecule has 0 bridgehead atoms. The predicted octanol–water partition coefficient (Wildman–Crippen LogP) is 2.75. The van der Waals surface area contributed by atoms with E-state index in [0.29, 0.717) is 43.2 Å². The number of piperidine rings is 1. The van der Waals surface area contributed by atoms with Gasteiger partial charge in [-0.25, -0.2) is 4.79 Å². The van der Waals surface area contributed by atoms with E-state index in [1.54, 1.807) is 36.1 Å². The fraction of sp³-hybridized carbons (Fsp3) is 0.500. The maximum absolute atomic E-state index is 12.0. The van der Waals surface area contributed by atoms with Crippen molar-refractivity contribution >= 4 is 47.0 Å². The van der Waals surface area contributed by atoms with Gasteiger partial charge in [0, 0.05) is 29.8 Å². The van der Waals surface area contributed by atoms with Crippen molar-refractivity contribution in [3.63, 3.8) is 0 Å². The van der Waals surface area contributed by atoms with Crippen molar-refractivity contribution < 1.29 is 19.1 Å². The van der Waals surface area contributed by atoms with Crippen molar-refractivity contribution in [2.45, 2.75) is 25.8 Å². The Morgan fingerprint density at radius 2 is 1.78 bits per heavy atom. The average molecular weight is 414 g/mol. The number of thioether (sulfide) groups is 1. The second kappa shape index (κ2) is 11.0. The van der Waals surface area contributed by atoms with E-state index in [9.17, 15) is 14.4 Å². The highest BCUT2D eigenvalue weighted by atomic mass is 35.5. The SMILES string of the molecule is CCOC(=O)N1CCC(NC(=O)CSCC(=O)Nc2ccc(Cl)cc2)CC1. The summed E-state index contributed by atoms with van der Waals surface area (Å²) < 4.78 is 4.97. The predicted molar refractivity (Wildman–Crippen MR) is 107 cm³/mol. The first kappa shape index (κ1) is 21.4. The molecule has 2 rings (SSSR count). The van der Waals surface area contributed by atoms with Crippen LogP contribution in [0.5, 0.6) is 0 Å². The van der Waals surface area contributed by atoms with Gasteiger partial charge < -0.3 is 20.3 Å². The van der Waals surface area contributed by atoms with E-state index in [2.05, 4.69) is 10.6 Å². The van der Waals surface area contributed by atoms with Crippen LogP contribution in [0.25, 0.3) is 0 Å². The normalized spacial score (nSPS) is 14.5. The summed E-state index contributed by atoms with van der Waals surface area (Å²) in [6.45, 7) is 3.28. The van der Waals surface area contributed by atoms with E-state index < -0.39 is 0 Å². The molecule has 1 saturated heterocycles. The molecule has 0 radical (unpaired) electrons. The van der Waals surface area contributed by atoms with Crippen LogP contribution in [0.15, 0.2) is 24.3 Å². The average Bonchev–Trinajstić information content (AvgIpc) is 2.64. The fourth-order valence-corrected chi connectivity index (χ4v) is 3.41. The number of hydrogen-bond acceptors (Lipinski definition) is 5. The van der Waals surface area contributed by atoms with Crippen LogP contribution in [0.2, 0.25) is 5.02 Å². The molecule has 0 spiro atoms. The summed E-state index contributed by atoms with van der Waals surface area (Å²) in [4.78, 5) is 37.2. The summed E-state index contributed by atoms with van der Waals surface area (Å²) in [6, 6.07) is 6.89. The molecule has 0 aromatic heterocycles. The molecule has 27 heavy (non-hydrogen) atoms. The van der Waals surface area contributed by atoms with Crippen LogP contribution in [0.1, 0.15) is 19.8 Å². The Morgan fingerprint density at radius 3 is 2.41 bits per heavy atom. The van der Waals surface area contributed by atoms with E-state index in [1.807, 2.05) is 0 Å². The molecule has 7 nitrogen and oxygen atoms in total. The van der Waals surface area contributed by atoms with Gasteiger partial charge in [0.2, 0.25) is 11.8 Å². The lowest BCUT2D eigenvalue weighted by Gasteiger charge is -2.31. The third-order valence-corrected chi connectivity index (χ3v) is 5.16. The maximum atomic E-state index is 12.0. The molecule has 1 aliphatic rings. The Labute approximate surface area is 168 Å². The Bertz CT molecular complexity index is 649. The number of halogens is 1. The van der Waals surface area contributed by atoms with Crippen LogP contribution < -0.4 is 10.6 Å². The number of hydrogen-bond donors (Lipinski definition) is 2. The van der Waals surface area contributed by atoms with Gasteiger partial charge in [-0.2, -0.15) is 0 Å². The van der Waals surface area contributed by atoms with Crippen LogP contribution >= 0.6 is 23.4 Å². The van der Waals surface area contributed by atoms with Gasteiger partial charge in [0.25, 0.3) is 0 Å². The molecule has 1 aliphatic heterocycles. The van der Waals surface area contributed by atoms with Gasteiger partial charge in [0.05, 0.1) is 18.1 Å². The summed E-state index contributed by atoms with van der Waals surface area (Å²) in [5, 5.41) is 6.31. The third kappa shape index (κ3) is 7.68. The molecule has 148 valence electrons. The molecule has 0 saturated carbocycles. The van der Waals surface area contributed by atoms with Gasteiger partial charge >= 0.3 is 6.09 Å². The first-order chi connectivity index (χ1) is 13.0. The first-order valence-electron chi connectivity index (χ1n) is 8.82. The van der Waals surface area contributed by atoms with Crippen LogP contribution in [0, 0.1) is 0 Å². The van der Waals surface area contributed by atoms with Crippen molar-refractivity contribution in [2.75, 3.05) is 36.5 Å². The van der Waals surface area contributed by atoms with E-state index >= 15 is 0 Å². The van der Waals surface area contributed by atoms with Gasteiger partial charge in [-0.1, -0.05) is 11.6 Å². The lowest BCUT2D eigenvalue weighted by Crippen LogP contribution is -2.47. The fourth-order valence-electron chi connectivity index (χ4n) is 2.66. The zero-order valence-electron chi connectivity index (χ0n) is 15.2. The first-order valence-corrected chi connectivity index (χ1v) is 10.4. The van der Waals surface area contributed by atoms with E-state index in [1.165, 1.54) is 11.8 Å². The maximum Gasteiger partial charge on any atom is 0.409 e. The molecule has 1 aromatic carbocycles. The van der Waals surface area contributed by atoms with Crippen LogP contribution in [0.4, 0.5) is 10.5 Å². The Balaban J connectivity index is 1.60. The minimum Gasteiger partial charge on any atom is -0.450 e. The summed E-state index contributed by atoms with van der Waals surface area (Å²) in [7, 11) is 0. The highest BCUT2D eigenvalue weighted by Gasteiger charge is 2.24. The number of carbonyl (C=O) groups is 3. The quantitative estimate of drug-likeness (QED) is 0.717. The lowest BCUT2D eigenvalue weighted by molar-refractivity contribution is -0.119. The van der Waals surface area contributed by atoms with E-state index in [0.717, 1.165) is 0 Å². The number of ether oxygens (including phenoxy) is 1. The lowest BCUT2D eigenvalue weighted by atomic mass is 10.1. The number of likely N-dealkylation sites (tertiary alicyclic amines) is 1. The summed E-state index contributed by atoms with van der Waals surface area (Å²) >= 11 is 7.06. The molecular formula is C18H24ClN3O4S. The number of nitrogens with one attached hydrogen (secondary N) is 2. The molecule has 1 fully saturated rings. The number of rotatable bonds is 7. The van der Waals surface area contributed by atoms with Crippen molar-refractivity contribution in [1.29, 1.82) is 0 Å². The number of carbonyl (C=O) groups excluding carboxylic acids is 3. The van der Waals surface area contributed by atoms with Crippen molar-refractivity contribution in [2.24, 2.45) is 0 Å². The molecule has 2 N–H and O–H groups in total. The summed E-state index contributed by atoms with van der Waals surface area (Å²) in [6.07, 6.45) is 1.10. The Hall–Kier alpha value is -1.93. The Morgan fingerprint density at radius 1 is 1.15 bits per heavy atom. The van der Waals surface area contributed by atoms with Gasteiger partial charge in [-0.05, 0) is 44.0 Å². The van der Waals surface area contributed by atoms with Gasteiger partial charge in [0.1, 0.15) is 0 Å². The zero-order valence-corrected chi connectivity index (χ0v) is 16.8. The number of amides is 3. The number of nitrogens with zero attached hydrogens (tertiary/aromatic N) is 1. The van der Waals surface area contributed by atoms with Gasteiger partial charge in [-0.3, -0.25) is 9.59 Å². The molecule has 0 aliphatic carbocycles. The molecule has 0 unspecified atom stereocenters. The minimum absolute atomic E-state index is 0.0478. The second-order valence-electron chi connectivity index (χ2n) is 6.08. The standard InChI is InChI=1S/C18H24ClN3O4S/c1-2-26-18(25)22-9-7-15(8-10-22)21-17(24)12-27-11-16(23)20-14-5-3-13(19)4-6-14/h3-6,15H,2,7-12H2,1H3,(H,20,23)(H,21,24). The Kier molecular flexibility index (Phi) is 8.74. The summed E-state index contributed by atoms with van der Waals surface area (Å²) in [5.74, 6) is 0.135. The molecule has 9 heteroatoms. The largest absolute Gasteiger partial charge is 0.450 e. The van der Waals surface area contributed by atoms with E-state index in [4.69, 9.17) is 16.3 Å². The molecule has 1 heterocycles. The second-order valence-corrected chi connectivity index (χ2v) is 7.50. The van der Waals surface area contributed by atoms with E-state index in [-0.39, 0.29) is 35.5 Å². The number of anilines is 1. The number of benzene rings is 1. The minimum atomic E-state index is -0.301. The molecular weight excluding hydrogens is 390 g/mol. The van der Waals surface area contributed by atoms with Crippen LogP contribution in [0.3, 0.4) is 0 Å². The van der Waals surface area contributed by atoms with Gasteiger partial charge in [0.15, 0.2) is 0 Å². The third-order valence-electron chi connectivity index (χ3n) is 3.98.